The summed E-state index contributed by atoms with van der Waals surface area (Å²) >= 11 is 0. The lowest BCUT2D eigenvalue weighted by molar-refractivity contribution is 0.0661. The minimum atomic E-state index is 0.0653. The van der Waals surface area contributed by atoms with Crippen molar-refractivity contribution < 1.29 is 9.53 Å². The first-order valence-corrected chi connectivity index (χ1v) is 5.83. The van der Waals surface area contributed by atoms with E-state index in [0.29, 0.717) is 11.3 Å². The van der Waals surface area contributed by atoms with Crippen LogP contribution in [-0.4, -0.2) is 56.0 Å². The number of hydrogen-bond acceptors (Lipinski definition) is 3. The minimum absolute atomic E-state index is 0.0653. The summed E-state index contributed by atoms with van der Waals surface area (Å²) in [5.74, 6) is 0.715. The predicted octanol–water partition coefficient (Wildman–Crippen LogP) is 1.08. The molecule has 0 aliphatic carbocycles. The predicted molar refractivity (Wildman–Crippen MR) is 66.4 cm³/mol. The molecule has 1 aromatic rings. The molecule has 0 unspecified atom stereocenters. The quantitative estimate of drug-likeness (QED) is 0.767. The highest BCUT2D eigenvalue weighted by atomic mass is 16.5. The van der Waals surface area contributed by atoms with E-state index in [9.17, 15) is 4.79 Å². The number of carbonyl (C=O) groups is 1. The van der Waals surface area contributed by atoms with E-state index in [2.05, 4.69) is 11.9 Å². The zero-order valence-corrected chi connectivity index (χ0v) is 10.3. The van der Waals surface area contributed by atoms with Crippen LogP contribution in [0.2, 0.25) is 0 Å². The van der Waals surface area contributed by atoms with Gasteiger partial charge in [-0.3, -0.25) is 4.79 Å². The molecule has 1 aromatic carbocycles. The molecule has 0 radical (unpaired) electrons. The number of ether oxygens (including phenoxy) is 1. The van der Waals surface area contributed by atoms with Crippen molar-refractivity contribution in [2.75, 3.05) is 40.3 Å². The third-order valence-corrected chi connectivity index (χ3v) is 3.13. The largest absolute Gasteiger partial charge is 0.496 e. The molecule has 2 rings (SSSR count). The van der Waals surface area contributed by atoms with Gasteiger partial charge in [-0.1, -0.05) is 12.1 Å². The van der Waals surface area contributed by atoms with E-state index in [1.807, 2.05) is 29.2 Å². The second-order valence-electron chi connectivity index (χ2n) is 4.30. The molecule has 92 valence electrons. The normalized spacial score (nSPS) is 16.9. The van der Waals surface area contributed by atoms with Crippen LogP contribution in [0, 0.1) is 0 Å². The Kier molecular flexibility index (Phi) is 3.64. The first-order chi connectivity index (χ1) is 8.22. The maximum atomic E-state index is 12.3. The maximum Gasteiger partial charge on any atom is 0.257 e. The van der Waals surface area contributed by atoms with Crippen molar-refractivity contribution in [3.05, 3.63) is 29.8 Å². The Bertz CT molecular complexity index is 398. The molecule has 1 fully saturated rings. The van der Waals surface area contributed by atoms with E-state index in [4.69, 9.17) is 4.74 Å². The summed E-state index contributed by atoms with van der Waals surface area (Å²) in [5, 5.41) is 0. The number of carbonyl (C=O) groups excluding carboxylic acids is 1. The van der Waals surface area contributed by atoms with Crippen LogP contribution in [0.3, 0.4) is 0 Å². The van der Waals surface area contributed by atoms with Crippen LogP contribution in [0.5, 0.6) is 5.75 Å². The average Bonchev–Trinajstić information content (AvgIpc) is 2.39. The Hall–Kier alpha value is -1.55. The molecule has 0 saturated carbocycles. The summed E-state index contributed by atoms with van der Waals surface area (Å²) < 4.78 is 5.22. The van der Waals surface area contributed by atoms with E-state index in [0.717, 1.165) is 26.2 Å². The first-order valence-electron chi connectivity index (χ1n) is 5.83. The molecule has 17 heavy (non-hydrogen) atoms. The van der Waals surface area contributed by atoms with Crippen LogP contribution in [0.4, 0.5) is 0 Å². The van der Waals surface area contributed by atoms with Crippen LogP contribution in [0.1, 0.15) is 10.4 Å². The van der Waals surface area contributed by atoms with Gasteiger partial charge in [-0.15, -0.1) is 0 Å². The van der Waals surface area contributed by atoms with Gasteiger partial charge in [0.15, 0.2) is 0 Å². The zero-order chi connectivity index (χ0) is 12.3. The fraction of sp³-hybridized carbons (Fsp3) is 0.462. The number of methoxy groups -OCH3 is 1. The lowest BCUT2D eigenvalue weighted by Crippen LogP contribution is -2.47. The van der Waals surface area contributed by atoms with Gasteiger partial charge in [-0.2, -0.15) is 0 Å². The standard InChI is InChI=1S/C13H18N2O2/c1-14-7-9-15(10-8-14)13(16)11-5-3-4-6-12(11)17-2/h3-6H,7-10H2,1-2H3. The Labute approximate surface area is 102 Å². The highest BCUT2D eigenvalue weighted by Crippen LogP contribution is 2.19. The van der Waals surface area contributed by atoms with Crippen LogP contribution < -0.4 is 4.74 Å². The van der Waals surface area contributed by atoms with E-state index in [-0.39, 0.29) is 5.91 Å². The van der Waals surface area contributed by atoms with E-state index >= 15 is 0 Å². The number of amides is 1. The lowest BCUT2D eigenvalue weighted by Gasteiger charge is -2.32. The van der Waals surface area contributed by atoms with Crippen LogP contribution in [0.25, 0.3) is 0 Å². The van der Waals surface area contributed by atoms with Gasteiger partial charge in [0.2, 0.25) is 0 Å². The third kappa shape index (κ3) is 2.58. The monoisotopic (exact) mass is 234 g/mol. The van der Waals surface area contributed by atoms with Crippen molar-refractivity contribution in [1.29, 1.82) is 0 Å². The van der Waals surface area contributed by atoms with Gasteiger partial charge in [0.1, 0.15) is 5.75 Å². The van der Waals surface area contributed by atoms with Gasteiger partial charge >= 0.3 is 0 Å². The Morgan fingerprint density at radius 3 is 2.47 bits per heavy atom. The number of hydrogen-bond donors (Lipinski definition) is 0. The second-order valence-corrected chi connectivity index (χ2v) is 4.30. The van der Waals surface area contributed by atoms with E-state index in [1.165, 1.54) is 0 Å². The van der Waals surface area contributed by atoms with Crippen molar-refractivity contribution in [2.24, 2.45) is 0 Å². The zero-order valence-electron chi connectivity index (χ0n) is 10.3. The van der Waals surface area contributed by atoms with Crippen LogP contribution >= 0.6 is 0 Å². The van der Waals surface area contributed by atoms with E-state index < -0.39 is 0 Å². The van der Waals surface area contributed by atoms with Gasteiger partial charge in [-0.25, -0.2) is 0 Å². The fourth-order valence-corrected chi connectivity index (χ4v) is 2.00. The molecule has 4 heteroatoms. The van der Waals surface area contributed by atoms with Gasteiger partial charge in [0, 0.05) is 26.2 Å². The molecule has 0 aromatic heterocycles. The Morgan fingerprint density at radius 2 is 1.82 bits per heavy atom. The van der Waals surface area contributed by atoms with Crippen molar-refractivity contribution in [2.45, 2.75) is 0 Å². The summed E-state index contributed by atoms with van der Waals surface area (Å²) in [6, 6.07) is 7.38. The molecule has 0 spiro atoms. The number of para-hydroxylation sites is 1. The molecule has 0 bridgehead atoms. The number of nitrogens with zero attached hydrogens (tertiary/aromatic N) is 2. The van der Waals surface area contributed by atoms with Crippen molar-refractivity contribution in [1.82, 2.24) is 9.80 Å². The molecule has 1 aliphatic rings. The molecule has 0 N–H and O–H groups in total. The summed E-state index contributed by atoms with van der Waals surface area (Å²) in [5.41, 5.74) is 0.652. The van der Waals surface area contributed by atoms with Gasteiger partial charge in [0.25, 0.3) is 5.91 Å². The molecule has 4 nitrogen and oxygen atoms in total. The minimum Gasteiger partial charge on any atom is -0.496 e. The van der Waals surface area contributed by atoms with Gasteiger partial charge < -0.3 is 14.5 Å². The summed E-state index contributed by atoms with van der Waals surface area (Å²) in [4.78, 5) is 16.4. The molecule has 0 atom stereocenters. The number of piperazine rings is 1. The molecular formula is C13H18N2O2. The number of rotatable bonds is 2. The summed E-state index contributed by atoms with van der Waals surface area (Å²) in [6.07, 6.45) is 0. The molecule has 1 heterocycles. The molecule has 1 amide bonds. The average molecular weight is 234 g/mol. The molecular weight excluding hydrogens is 216 g/mol. The SMILES string of the molecule is COc1ccccc1C(=O)N1CCN(C)CC1. The second kappa shape index (κ2) is 5.19. The maximum absolute atomic E-state index is 12.3. The first kappa shape index (κ1) is 11.9. The van der Waals surface area contributed by atoms with Crippen molar-refractivity contribution in [3.63, 3.8) is 0 Å². The lowest BCUT2D eigenvalue weighted by atomic mass is 10.1. The number of benzene rings is 1. The number of likely N-dealkylation sites (N-methyl/N-ethyl adjacent to an activating group) is 1. The highest BCUT2D eigenvalue weighted by Gasteiger charge is 2.22. The Balaban J connectivity index is 2.14. The van der Waals surface area contributed by atoms with Gasteiger partial charge in [-0.05, 0) is 19.2 Å². The van der Waals surface area contributed by atoms with Gasteiger partial charge in [0.05, 0.1) is 12.7 Å². The smallest absolute Gasteiger partial charge is 0.257 e. The van der Waals surface area contributed by atoms with Crippen molar-refractivity contribution >= 4 is 5.91 Å². The van der Waals surface area contributed by atoms with Crippen LogP contribution in [0.15, 0.2) is 24.3 Å². The van der Waals surface area contributed by atoms with Crippen molar-refractivity contribution in [3.8, 4) is 5.75 Å². The van der Waals surface area contributed by atoms with E-state index in [1.54, 1.807) is 7.11 Å². The summed E-state index contributed by atoms with van der Waals surface area (Å²) in [6.45, 7) is 3.43. The van der Waals surface area contributed by atoms with Crippen LogP contribution in [-0.2, 0) is 0 Å². The molecule has 1 saturated heterocycles. The highest BCUT2D eigenvalue weighted by molar-refractivity contribution is 5.97. The fourth-order valence-electron chi connectivity index (χ4n) is 2.00. The summed E-state index contributed by atoms with van der Waals surface area (Å²) in [7, 11) is 3.67. The Morgan fingerprint density at radius 1 is 1.18 bits per heavy atom. The third-order valence-electron chi connectivity index (χ3n) is 3.13. The molecule has 1 aliphatic heterocycles. The topological polar surface area (TPSA) is 32.8 Å².